The summed E-state index contributed by atoms with van der Waals surface area (Å²) in [6.07, 6.45) is 44.0. The summed E-state index contributed by atoms with van der Waals surface area (Å²) in [5, 5.41) is 0. The molecule has 1 rings (SSSR count). The van der Waals surface area contributed by atoms with Gasteiger partial charge in [0.1, 0.15) is 12.7 Å². The van der Waals surface area contributed by atoms with Crippen molar-refractivity contribution in [2.24, 2.45) is 0 Å². The third kappa shape index (κ3) is 40.0. The Hall–Kier alpha value is -2.20. The fraction of sp³-hybridized carbons (Fsp3) is 0.932. The smallest absolute Gasteiger partial charge is 0.308 e. The van der Waals surface area contributed by atoms with E-state index in [2.05, 4.69) is 20.8 Å². The van der Waals surface area contributed by atoms with Gasteiger partial charge in [-0.1, -0.05) is 252 Å². The summed E-state index contributed by atoms with van der Waals surface area (Å²) in [6.45, 7) is 7.30. The van der Waals surface area contributed by atoms with Crippen LogP contribution in [0.3, 0.4) is 0 Å². The molecule has 1 unspecified atom stereocenters. The molecule has 10 heteroatoms. The molecule has 0 aromatic carbocycles. The molecular weight excluding hydrogens is 867 g/mol. The normalized spacial score (nSPS) is 16.8. The monoisotopic (exact) mass is 978 g/mol. The number of unbranched alkanes of at least 4 members (excludes halogenated alkanes) is 36. The number of hydrogen-bond donors (Lipinski definition) is 0. The van der Waals surface area contributed by atoms with Gasteiger partial charge in [-0.25, -0.2) is 0 Å². The minimum absolute atomic E-state index is 0.207. The molecule has 0 saturated carbocycles. The molecule has 69 heavy (non-hydrogen) atoms. The predicted octanol–water partition coefficient (Wildman–Crippen LogP) is 16.4. The molecule has 1 aliphatic heterocycles. The van der Waals surface area contributed by atoms with Crippen molar-refractivity contribution >= 4 is 23.9 Å². The van der Waals surface area contributed by atoms with Crippen molar-refractivity contribution in [1.29, 1.82) is 0 Å². The predicted molar refractivity (Wildman–Crippen MR) is 284 cm³/mol. The summed E-state index contributed by atoms with van der Waals surface area (Å²) >= 11 is 0. The molecule has 1 heterocycles. The zero-order chi connectivity index (χ0) is 50.3. The topological polar surface area (TPSA) is 118 Å². The molecule has 10 nitrogen and oxygen atoms in total. The van der Waals surface area contributed by atoms with Crippen molar-refractivity contribution < 1.29 is 42.9 Å². The van der Waals surface area contributed by atoms with Gasteiger partial charge in [0.15, 0.2) is 6.10 Å². The van der Waals surface area contributed by atoms with E-state index in [9.17, 15) is 19.2 Å². The number of esters is 4. The number of rotatable bonds is 51. The van der Waals surface area contributed by atoms with Crippen molar-refractivity contribution in [3.05, 3.63) is 0 Å². The SMILES string of the molecule is CCCCCCCCCCCCCCCC(=O)OC1[C@H](OC(=O)CCCCCCCCCCCCCCC)O[C@H](COC(=O)CCCN(C)C)[C@@H]1OC(=O)CCCCCCCCCCCCCCC. The minimum Gasteiger partial charge on any atom is -0.463 e. The van der Waals surface area contributed by atoms with E-state index < -0.39 is 48.5 Å². The first-order chi connectivity index (χ1) is 33.7. The molecule has 406 valence electrons. The average Bonchev–Trinajstić information content (AvgIpc) is 3.63. The van der Waals surface area contributed by atoms with Crippen LogP contribution < -0.4 is 0 Å². The summed E-state index contributed by atoms with van der Waals surface area (Å²) in [5.41, 5.74) is 0. The molecule has 1 saturated heterocycles. The summed E-state index contributed by atoms with van der Waals surface area (Å²) in [4.78, 5) is 55.1. The summed E-state index contributed by atoms with van der Waals surface area (Å²) in [6, 6.07) is 0. The van der Waals surface area contributed by atoms with Crippen molar-refractivity contribution in [3.63, 3.8) is 0 Å². The zero-order valence-corrected chi connectivity index (χ0v) is 46.0. The average molecular weight is 979 g/mol. The van der Waals surface area contributed by atoms with Crippen LogP contribution in [0, 0.1) is 0 Å². The van der Waals surface area contributed by atoms with Crippen molar-refractivity contribution in [3.8, 4) is 0 Å². The first-order valence-corrected chi connectivity index (χ1v) is 29.8. The molecule has 4 atom stereocenters. The number of hydrogen-bond acceptors (Lipinski definition) is 10. The summed E-state index contributed by atoms with van der Waals surface area (Å²) < 4.78 is 29.9. The lowest BCUT2D eigenvalue weighted by Crippen LogP contribution is -2.42. The van der Waals surface area contributed by atoms with Gasteiger partial charge in [0, 0.05) is 25.7 Å². The van der Waals surface area contributed by atoms with Crippen LogP contribution in [0.1, 0.15) is 303 Å². The lowest BCUT2D eigenvalue weighted by molar-refractivity contribution is -0.200. The maximum Gasteiger partial charge on any atom is 0.308 e. The molecule has 0 N–H and O–H groups in total. The molecule has 0 spiro atoms. The lowest BCUT2D eigenvalue weighted by Gasteiger charge is -2.24. The van der Waals surface area contributed by atoms with E-state index in [1.807, 2.05) is 19.0 Å². The van der Waals surface area contributed by atoms with Gasteiger partial charge < -0.3 is 28.6 Å². The van der Waals surface area contributed by atoms with Crippen molar-refractivity contribution in [2.75, 3.05) is 27.2 Å². The van der Waals surface area contributed by atoms with Gasteiger partial charge in [-0.05, 0) is 46.3 Å². The highest BCUT2D eigenvalue weighted by Gasteiger charge is 2.52. The van der Waals surface area contributed by atoms with E-state index in [1.165, 1.54) is 173 Å². The van der Waals surface area contributed by atoms with E-state index in [0.29, 0.717) is 25.7 Å². The maximum absolute atomic E-state index is 13.5. The Bertz CT molecular complexity index is 1200. The first kappa shape index (κ1) is 64.8. The number of ether oxygens (including phenoxy) is 5. The largest absolute Gasteiger partial charge is 0.463 e. The Morgan fingerprint density at radius 3 is 0.942 bits per heavy atom. The van der Waals surface area contributed by atoms with Gasteiger partial charge in [0.2, 0.25) is 12.4 Å². The highest BCUT2D eigenvalue weighted by molar-refractivity contribution is 5.72. The number of nitrogens with zero attached hydrogens (tertiary/aromatic N) is 1. The molecule has 0 aromatic heterocycles. The molecule has 1 fully saturated rings. The van der Waals surface area contributed by atoms with Gasteiger partial charge in [-0.3, -0.25) is 19.2 Å². The van der Waals surface area contributed by atoms with E-state index in [1.54, 1.807) is 0 Å². The van der Waals surface area contributed by atoms with Gasteiger partial charge in [-0.15, -0.1) is 0 Å². The Kier molecular flexibility index (Phi) is 45.2. The van der Waals surface area contributed by atoms with Crippen LogP contribution >= 0.6 is 0 Å². The van der Waals surface area contributed by atoms with Crippen LogP contribution in [0.25, 0.3) is 0 Å². The summed E-state index contributed by atoms with van der Waals surface area (Å²) in [7, 11) is 3.91. The second kappa shape index (κ2) is 48.1. The molecule has 0 amide bonds. The maximum atomic E-state index is 13.5. The third-order valence-corrected chi connectivity index (χ3v) is 13.9. The number of carbonyl (C=O) groups is 4. The Balaban J connectivity index is 2.82. The van der Waals surface area contributed by atoms with Crippen molar-refractivity contribution in [1.82, 2.24) is 4.90 Å². The third-order valence-electron chi connectivity index (χ3n) is 13.9. The van der Waals surface area contributed by atoms with E-state index >= 15 is 0 Å². The molecule has 0 radical (unpaired) electrons. The van der Waals surface area contributed by atoms with Gasteiger partial charge in [0.25, 0.3) is 0 Å². The molecule has 0 bridgehead atoms. The van der Waals surface area contributed by atoms with Gasteiger partial charge in [-0.2, -0.15) is 0 Å². The van der Waals surface area contributed by atoms with Crippen LogP contribution in [0.15, 0.2) is 0 Å². The Morgan fingerprint density at radius 2 is 0.623 bits per heavy atom. The summed E-state index contributed by atoms with van der Waals surface area (Å²) in [5.74, 6) is -1.70. The van der Waals surface area contributed by atoms with Crippen LogP contribution in [-0.4, -0.2) is 80.6 Å². The minimum atomic E-state index is -1.28. The van der Waals surface area contributed by atoms with E-state index in [0.717, 1.165) is 64.3 Å². The molecule has 1 aliphatic rings. The van der Waals surface area contributed by atoms with Crippen molar-refractivity contribution in [2.45, 2.75) is 328 Å². The fourth-order valence-electron chi connectivity index (χ4n) is 9.45. The second-order valence-corrected chi connectivity index (χ2v) is 21.0. The van der Waals surface area contributed by atoms with Crippen LogP contribution in [0.2, 0.25) is 0 Å². The fourth-order valence-corrected chi connectivity index (χ4v) is 9.45. The van der Waals surface area contributed by atoms with E-state index in [4.69, 9.17) is 23.7 Å². The quantitative estimate of drug-likeness (QED) is 0.0331. The Morgan fingerprint density at radius 1 is 0.348 bits per heavy atom. The van der Waals surface area contributed by atoms with Crippen LogP contribution in [0.5, 0.6) is 0 Å². The Labute approximate surface area is 425 Å². The van der Waals surface area contributed by atoms with Gasteiger partial charge >= 0.3 is 23.9 Å². The number of carbonyl (C=O) groups excluding carboxylic acids is 4. The second-order valence-electron chi connectivity index (χ2n) is 21.0. The van der Waals surface area contributed by atoms with E-state index in [-0.39, 0.29) is 32.3 Å². The standard InChI is InChI=1S/C59H111NO9/c1-6-9-12-15-18-21-24-27-30-33-36-39-42-46-54(62)67-57-52(51-65-53(61)49-45-50-60(4)5)66-59(69-56(64)48-44-41-38-35-32-29-26-23-20-17-14-11-8-3)58(57)68-55(63)47-43-40-37-34-31-28-25-22-19-16-13-10-7-2/h52,57-59H,6-51H2,1-5H3/t52-,57+,58?,59+/m1/s1. The van der Waals surface area contributed by atoms with Gasteiger partial charge in [0.05, 0.1) is 0 Å². The molecule has 0 aromatic rings. The molecule has 0 aliphatic carbocycles. The highest BCUT2D eigenvalue weighted by Crippen LogP contribution is 2.30. The van der Waals surface area contributed by atoms with Crippen LogP contribution in [-0.2, 0) is 42.9 Å². The zero-order valence-electron chi connectivity index (χ0n) is 46.0. The molecular formula is C59H111NO9. The van der Waals surface area contributed by atoms with Crippen LogP contribution in [0.4, 0.5) is 0 Å². The lowest BCUT2D eigenvalue weighted by atomic mass is 10.0. The first-order valence-electron chi connectivity index (χ1n) is 29.8. The highest BCUT2D eigenvalue weighted by atomic mass is 16.8.